The summed E-state index contributed by atoms with van der Waals surface area (Å²) in [6.07, 6.45) is 8.03. The number of nitrogens with two attached hydrogens (primary N) is 1. The number of nitrogen functional groups attached to an aromatic ring is 1. The van der Waals surface area contributed by atoms with Gasteiger partial charge in [0.25, 0.3) is 0 Å². The molecule has 6 aliphatic rings. The lowest BCUT2D eigenvalue weighted by Gasteiger charge is -2.56. The average molecular weight is 1090 g/mol. The highest BCUT2D eigenvalue weighted by Gasteiger charge is 2.49. The lowest BCUT2D eigenvalue weighted by Crippen LogP contribution is -2.60. The number of aliphatic hydroxyl groups is 2. The van der Waals surface area contributed by atoms with E-state index in [9.17, 15) is 24.9 Å². The summed E-state index contributed by atoms with van der Waals surface area (Å²) in [5, 5.41) is 49.0. The van der Waals surface area contributed by atoms with Crippen molar-refractivity contribution < 1.29 is 29.4 Å². The van der Waals surface area contributed by atoms with Crippen LogP contribution in [-0.4, -0.2) is 176 Å². The van der Waals surface area contributed by atoms with E-state index in [0.29, 0.717) is 72.7 Å². The Bertz CT molecular complexity index is 2860. The van der Waals surface area contributed by atoms with Gasteiger partial charge in [0.15, 0.2) is 17.4 Å². The fraction of sp³-hybridized carbons (Fsp3) is 0.593. The maximum Gasteiger partial charge on any atom is 0.243 e. The third-order valence-corrected chi connectivity index (χ3v) is 19.5. The number of nitrogens with one attached hydrogen (secondary N) is 1. The highest BCUT2D eigenvalue weighted by atomic mass is 32.1. The van der Waals surface area contributed by atoms with Gasteiger partial charge in [0.1, 0.15) is 17.7 Å². The minimum Gasteiger partial charge on any atom is -0.507 e. The number of rotatable bonds is 15. The number of phenolic OH excluding ortho intramolecular Hbond substituents is 1. The molecule has 11 rings (SSSR count). The third kappa shape index (κ3) is 11.6. The molecule has 78 heavy (non-hydrogen) atoms. The molecular weight excluding hydrogens is 1000 g/mol. The van der Waals surface area contributed by atoms with Crippen LogP contribution in [0.25, 0.3) is 21.7 Å². The predicted octanol–water partition coefficient (Wildman–Crippen LogP) is 6.54. The Morgan fingerprint density at radius 2 is 1.59 bits per heavy atom. The van der Waals surface area contributed by atoms with E-state index < -0.39 is 23.7 Å². The number of piperazine rings is 1. The van der Waals surface area contributed by atoms with Gasteiger partial charge >= 0.3 is 0 Å². The molecule has 18 nitrogen and oxygen atoms in total. The van der Waals surface area contributed by atoms with Crippen molar-refractivity contribution >= 4 is 40.5 Å². The number of β-amino-alcohol motifs (C(OH)–C–C–N with tert-alkyl or cyclic N) is 2. The summed E-state index contributed by atoms with van der Waals surface area (Å²) in [5.74, 6) is 1.13. The van der Waals surface area contributed by atoms with E-state index in [0.717, 1.165) is 91.9 Å². The molecular formula is C59H80N12O6S. The standard InChI is InChI=1S/C59H80N12O6S/c1-38(2)53(57(75)71-35-45(72)29-49(71)56(74)62-39(3)42-9-11-43(12-10-42)54-40(4)61-37-78-54)51-31-52(65-77-51)70-19-13-41(14-20-70)34-66-21-15-58(16-22-66)32-44(33-58)68-27-25-67(26-28-68)36-59(76)17-23-69(24-18-59)48-30-47(63-64-55(48)60)46-7-5-6-8-50(46)73/h5-12,30-31,37-39,41,44-45,49,53,72-73,76H,13-29,32-36H2,1-4H3,(H2,60,64)(H,62,74)/t39-,45+,49-,53+/m0/s1. The van der Waals surface area contributed by atoms with Crippen molar-refractivity contribution in [1.29, 1.82) is 0 Å². The minimum atomic E-state index is -0.796. The fourth-order valence-electron chi connectivity index (χ4n) is 13.7. The quantitative estimate of drug-likeness (QED) is 0.0752. The summed E-state index contributed by atoms with van der Waals surface area (Å²) in [6.45, 7) is 19.4. The number of piperidine rings is 3. The number of carbonyl (C=O) groups is 2. The topological polar surface area (TPSA) is 217 Å². The fourth-order valence-corrected chi connectivity index (χ4v) is 14.5. The van der Waals surface area contributed by atoms with Crippen molar-refractivity contribution in [1.82, 2.24) is 45.3 Å². The van der Waals surface area contributed by atoms with Crippen molar-refractivity contribution in [2.24, 2.45) is 17.3 Å². The Hall–Kier alpha value is -5.70. The van der Waals surface area contributed by atoms with Crippen molar-refractivity contribution in [3.63, 3.8) is 0 Å². The van der Waals surface area contributed by atoms with Gasteiger partial charge < -0.3 is 50.5 Å². The summed E-state index contributed by atoms with van der Waals surface area (Å²) < 4.78 is 5.97. The number of likely N-dealkylation sites (tertiary alicyclic amines) is 2. The zero-order valence-corrected chi connectivity index (χ0v) is 46.8. The summed E-state index contributed by atoms with van der Waals surface area (Å²) >= 11 is 1.60. The molecule has 0 bridgehead atoms. The first kappa shape index (κ1) is 54.3. The number of thiazole rings is 1. The lowest BCUT2D eigenvalue weighted by atomic mass is 9.60. The third-order valence-electron chi connectivity index (χ3n) is 18.6. The molecule has 2 amide bonds. The Balaban J connectivity index is 0.592. The Morgan fingerprint density at radius 3 is 2.27 bits per heavy atom. The van der Waals surface area contributed by atoms with Crippen LogP contribution in [0.15, 0.2) is 70.7 Å². The van der Waals surface area contributed by atoms with Gasteiger partial charge in [0.05, 0.1) is 45.2 Å². The monoisotopic (exact) mass is 1080 g/mol. The number of aromatic hydroxyl groups is 1. The Morgan fingerprint density at radius 1 is 0.872 bits per heavy atom. The van der Waals surface area contributed by atoms with Crippen molar-refractivity contribution in [3.8, 4) is 27.4 Å². The maximum absolute atomic E-state index is 14.4. The first-order valence-electron chi connectivity index (χ1n) is 28.7. The first-order chi connectivity index (χ1) is 37.6. The van der Waals surface area contributed by atoms with Crippen LogP contribution in [0.3, 0.4) is 0 Å². The molecule has 5 saturated heterocycles. The van der Waals surface area contributed by atoms with Crippen LogP contribution >= 0.6 is 11.3 Å². The molecule has 0 unspecified atom stereocenters. The normalized spacial score (nSPS) is 23.4. The number of amides is 2. The molecule has 3 aromatic heterocycles. The molecule has 1 aliphatic carbocycles. The lowest BCUT2D eigenvalue weighted by molar-refractivity contribution is -0.141. The molecule has 6 fully saturated rings. The van der Waals surface area contributed by atoms with Gasteiger partial charge in [0.2, 0.25) is 11.8 Å². The Labute approximate surface area is 463 Å². The van der Waals surface area contributed by atoms with Crippen molar-refractivity contribution in [2.45, 2.75) is 121 Å². The number of nitrogens with zero attached hydrogens (tertiary/aromatic N) is 10. The number of phenols is 1. The molecule has 1 spiro atoms. The zero-order valence-electron chi connectivity index (χ0n) is 46.0. The molecule has 6 N–H and O–H groups in total. The zero-order chi connectivity index (χ0) is 54.3. The molecule has 19 heteroatoms. The van der Waals surface area contributed by atoms with Crippen molar-refractivity contribution in [3.05, 3.63) is 83.2 Å². The number of benzene rings is 2. The van der Waals surface area contributed by atoms with Crippen LogP contribution in [0.1, 0.15) is 108 Å². The molecule has 5 aromatic rings. The largest absolute Gasteiger partial charge is 0.507 e. The van der Waals surface area contributed by atoms with E-state index in [1.807, 2.05) is 81.7 Å². The van der Waals surface area contributed by atoms with Crippen LogP contribution in [0.4, 0.5) is 17.3 Å². The van der Waals surface area contributed by atoms with Crippen LogP contribution in [0.5, 0.6) is 5.75 Å². The van der Waals surface area contributed by atoms with E-state index >= 15 is 0 Å². The van der Waals surface area contributed by atoms with Crippen LogP contribution in [-0.2, 0) is 9.59 Å². The van der Waals surface area contributed by atoms with Gasteiger partial charge in [-0.1, -0.05) is 55.4 Å². The first-order valence-corrected chi connectivity index (χ1v) is 29.6. The van der Waals surface area contributed by atoms with E-state index in [2.05, 4.69) is 50.2 Å². The summed E-state index contributed by atoms with van der Waals surface area (Å²) in [5.41, 5.74) is 12.9. The number of hydrogen-bond acceptors (Lipinski definition) is 17. The van der Waals surface area contributed by atoms with E-state index in [1.54, 1.807) is 28.4 Å². The average Bonchev–Trinajstić information content (AvgIpc) is 4.23. The van der Waals surface area contributed by atoms with Gasteiger partial charge in [-0.25, -0.2) is 4.98 Å². The summed E-state index contributed by atoms with van der Waals surface area (Å²) in [6, 6.07) is 18.6. The SMILES string of the molecule is Cc1ncsc1-c1ccc([C@H](C)NC(=O)[C@@H]2C[C@@H](O)CN2C(=O)[C@@H](c2cc(N3CCC(CN4CCC5(CC4)CC(N4CCN(CC6(O)CCN(c7cc(-c8ccccc8O)nnc7N)CC6)CC4)C5)CC3)no2)C(C)C)cc1. The van der Waals surface area contributed by atoms with E-state index in [4.69, 9.17) is 10.3 Å². The maximum atomic E-state index is 14.4. The number of aryl methyl sites for hydroxylation is 1. The molecule has 418 valence electrons. The number of aliphatic hydroxyl groups excluding tert-OH is 1. The second-order valence-corrected chi connectivity index (χ2v) is 25.0. The molecule has 4 atom stereocenters. The summed E-state index contributed by atoms with van der Waals surface area (Å²) in [4.78, 5) is 47.7. The van der Waals surface area contributed by atoms with Gasteiger partial charge in [-0.3, -0.25) is 19.4 Å². The Kier molecular flexibility index (Phi) is 15.9. The van der Waals surface area contributed by atoms with Crippen LogP contribution in [0, 0.1) is 24.2 Å². The highest BCUT2D eigenvalue weighted by Crippen LogP contribution is 2.51. The minimum absolute atomic E-state index is 0.0921. The van der Waals surface area contributed by atoms with E-state index in [-0.39, 0.29) is 42.5 Å². The second kappa shape index (κ2) is 22.8. The molecule has 5 aliphatic heterocycles. The van der Waals surface area contributed by atoms with Gasteiger partial charge in [-0.15, -0.1) is 21.5 Å². The number of anilines is 3. The van der Waals surface area contributed by atoms with Gasteiger partial charge in [0, 0.05) is 96.1 Å². The van der Waals surface area contributed by atoms with Gasteiger partial charge in [-0.05, 0) is 125 Å². The predicted molar refractivity (Wildman–Crippen MR) is 303 cm³/mol. The smallest absolute Gasteiger partial charge is 0.243 e. The van der Waals surface area contributed by atoms with Gasteiger partial charge in [-0.2, -0.15) is 0 Å². The highest BCUT2D eigenvalue weighted by molar-refractivity contribution is 7.13. The molecule has 8 heterocycles. The molecule has 1 saturated carbocycles. The number of para-hydroxylation sites is 1. The van der Waals surface area contributed by atoms with Crippen LogP contribution < -0.4 is 20.9 Å². The second-order valence-electron chi connectivity index (χ2n) is 24.2. The van der Waals surface area contributed by atoms with Crippen molar-refractivity contribution in [2.75, 3.05) is 101 Å². The molecule has 2 aromatic carbocycles. The number of aromatic nitrogens is 4. The van der Waals surface area contributed by atoms with Crippen LogP contribution in [0.2, 0.25) is 0 Å². The summed E-state index contributed by atoms with van der Waals surface area (Å²) in [7, 11) is 0. The van der Waals surface area contributed by atoms with E-state index in [1.165, 1.54) is 38.8 Å². The number of carbonyl (C=O) groups excluding carboxylic acids is 2. The number of hydrogen-bond donors (Lipinski definition) is 5. The molecule has 0 radical (unpaired) electrons.